The zero-order chi connectivity index (χ0) is 16.7. The van der Waals surface area contributed by atoms with Crippen LogP contribution >= 0.6 is 0 Å². The summed E-state index contributed by atoms with van der Waals surface area (Å²) >= 11 is 0. The standard InChI is InChI=1S/C19H23NO3/c1-19(2,3)20-18(21)14-23-17-11-9-16(10-12-17)22-13-15-7-5-4-6-8-15/h4-12H,13-14H2,1-3H3,(H,20,21). The minimum Gasteiger partial charge on any atom is -0.489 e. The number of hydrogen-bond acceptors (Lipinski definition) is 3. The van der Waals surface area contributed by atoms with Gasteiger partial charge < -0.3 is 14.8 Å². The first-order chi connectivity index (χ1) is 10.9. The molecular formula is C19H23NO3. The van der Waals surface area contributed by atoms with E-state index in [0.717, 1.165) is 11.3 Å². The normalized spacial score (nSPS) is 10.9. The van der Waals surface area contributed by atoms with Crippen LogP contribution in [0.3, 0.4) is 0 Å². The lowest BCUT2D eigenvalue weighted by Crippen LogP contribution is -2.43. The van der Waals surface area contributed by atoms with E-state index in [1.165, 1.54) is 0 Å². The molecule has 0 saturated carbocycles. The molecule has 122 valence electrons. The van der Waals surface area contributed by atoms with Gasteiger partial charge in [-0.05, 0) is 50.6 Å². The Kier molecular flexibility index (Phi) is 5.63. The molecule has 0 saturated heterocycles. The number of hydrogen-bond donors (Lipinski definition) is 1. The van der Waals surface area contributed by atoms with Crippen LogP contribution in [0.2, 0.25) is 0 Å². The molecule has 4 heteroatoms. The van der Waals surface area contributed by atoms with E-state index < -0.39 is 0 Å². The van der Waals surface area contributed by atoms with E-state index in [1.54, 1.807) is 12.1 Å². The quantitative estimate of drug-likeness (QED) is 0.887. The summed E-state index contributed by atoms with van der Waals surface area (Å²) in [4.78, 5) is 11.7. The number of carbonyl (C=O) groups excluding carboxylic acids is 1. The van der Waals surface area contributed by atoms with E-state index in [9.17, 15) is 4.79 Å². The maximum absolute atomic E-state index is 11.7. The highest BCUT2D eigenvalue weighted by Crippen LogP contribution is 2.18. The Hall–Kier alpha value is -2.49. The molecule has 2 rings (SSSR count). The minimum absolute atomic E-state index is 0.00148. The zero-order valence-electron chi connectivity index (χ0n) is 13.8. The van der Waals surface area contributed by atoms with Crippen LogP contribution in [0.4, 0.5) is 0 Å². The SMILES string of the molecule is CC(C)(C)NC(=O)COc1ccc(OCc2ccccc2)cc1. The van der Waals surface area contributed by atoms with E-state index in [2.05, 4.69) is 5.32 Å². The molecule has 0 aliphatic carbocycles. The Balaban J connectivity index is 1.79. The molecule has 0 radical (unpaired) electrons. The lowest BCUT2D eigenvalue weighted by molar-refractivity contribution is -0.124. The molecule has 2 aromatic carbocycles. The first kappa shape index (κ1) is 16.9. The molecule has 0 spiro atoms. The van der Waals surface area contributed by atoms with Crippen molar-refractivity contribution in [2.75, 3.05) is 6.61 Å². The van der Waals surface area contributed by atoms with Crippen LogP contribution < -0.4 is 14.8 Å². The van der Waals surface area contributed by atoms with Gasteiger partial charge >= 0.3 is 0 Å². The smallest absolute Gasteiger partial charge is 0.258 e. The third-order valence-electron chi connectivity index (χ3n) is 2.96. The van der Waals surface area contributed by atoms with Crippen molar-refractivity contribution in [2.45, 2.75) is 32.9 Å². The molecule has 0 aliphatic rings. The second-order valence-electron chi connectivity index (χ2n) is 6.33. The van der Waals surface area contributed by atoms with Crippen molar-refractivity contribution in [3.8, 4) is 11.5 Å². The van der Waals surface area contributed by atoms with Crippen LogP contribution in [0.1, 0.15) is 26.3 Å². The minimum atomic E-state index is -0.254. The van der Waals surface area contributed by atoms with Gasteiger partial charge in [-0.3, -0.25) is 4.79 Å². The Morgan fingerprint density at radius 3 is 2.04 bits per heavy atom. The number of rotatable bonds is 6. The van der Waals surface area contributed by atoms with Gasteiger partial charge in [0.05, 0.1) is 0 Å². The highest BCUT2D eigenvalue weighted by molar-refractivity contribution is 5.78. The van der Waals surface area contributed by atoms with E-state index in [1.807, 2.05) is 63.2 Å². The second-order valence-corrected chi connectivity index (χ2v) is 6.33. The molecular weight excluding hydrogens is 290 g/mol. The molecule has 23 heavy (non-hydrogen) atoms. The molecule has 2 aromatic rings. The third-order valence-corrected chi connectivity index (χ3v) is 2.96. The van der Waals surface area contributed by atoms with Crippen molar-refractivity contribution in [2.24, 2.45) is 0 Å². The van der Waals surface area contributed by atoms with Crippen LogP contribution in [0.25, 0.3) is 0 Å². The van der Waals surface area contributed by atoms with Gasteiger partial charge in [0, 0.05) is 5.54 Å². The summed E-state index contributed by atoms with van der Waals surface area (Å²) in [6.07, 6.45) is 0. The van der Waals surface area contributed by atoms with E-state index in [0.29, 0.717) is 12.4 Å². The Bertz CT molecular complexity index is 615. The Morgan fingerprint density at radius 1 is 0.913 bits per heavy atom. The van der Waals surface area contributed by atoms with Gasteiger partial charge in [0.25, 0.3) is 5.91 Å². The average Bonchev–Trinajstić information content (AvgIpc) is 2.51. The van der Waals surface area contributed by atoms with Crippen LogP contribution in [0, 0.1) is 0 Å². The lowest BCUT2D eigenvalue weighted by atomic mass is 10.1. The van der Waals surface area contributed by atoms with Gasteiger partial charge in [0.1, 0.15) is 18.1 Å². The predicted octanol–water partition coefficient (Wildman–Crippen LogP) is 3.56. The summed E-state index contributed by atoms with van der Waals surface area (Å²) in [5.41, 5.74) is 0.863. The molecule has 0 fully saturated rings. The Labute approximate surface area is 137 Å². The summed E-state index contributed by atoms with van der Waals surface area (Å²) < 4.78 is 11.2. The van der Waals surface area contributed by atoms with Crippen molar-refractivity contribution >= 4 is 5.91 Å². The zero-order valence-corrected chi connectivity index (χ0v) is 13.8. The highest BCUT2D eigenvalue weighted by atomic mass is 16.5. The first-order valence-corrected chi connectivity index (χ1v) is 7.63. The monoisotopic (exact) mass is 313 g/mol. The van der Waals surface area contributed by atoms with E-state index in [-0.39, 0.29) is 18.1 Å². The van der Waals surface area contributed by atoms with Crippen molar-refractivity contribution in [3.63, 3.8) is 0 Å². The maximum Gasteiger partial charge on any atom is 0.258 e. The lowest BCUT2D eigenvalue weighted by Gasteiger charge is -2.20. The van der Waals surface area contributed by atoms with E-state index in [4.69, 9.17) is 9.47 Å². The predicted molar refractivity (Wildman–Crippen MR) is 90.6 cm³/mol. The number of benzene rings is 2. The maximum atomic E-state index is 11.7. The van der Waals surface area contributed by atoms with Crippen molar-refractivity contribution in [3.05, 3.63) is 60.2 Å². The van der Waals surface area contributed by atoms with Crippen molar-refractivity contribution < 1.29 is 14.3 Å². The fraction of sp³-hybridized carbons (Fsp3) is 0.316. The third kappa shape index (κ3) is 6.43. The summed E-state index contributed by atoms with van der Waals surface area (Å²) in [5.74, 6) is 1.27. The molecule has 1 N–H and O–H groups in total. The fourth-order valence-corrected chi connectivity index (χ4v) is 1.98. The summed E-state index contributed by atoms with van der Waals surface area (Å²) in [5, 5.41) is 2.85. The topological polar surface area (TPSA) is 47.6 Å². The molecule has 0 atom stereocenters. The molecule has 0 aliphatic heterocycles. The summed E-state index contributed by atoms with van der Waals surface area (Å²) in [6, 6.07) is 17.2. The highest BCUT2D eigenvalue weighted by Gasteiger charge is 2.13. The van der Waals surface area contributed by atoms with Gasteiger partial charge in [-0.15, -0.1) is 0 Å². The molecule has 4 nitrogen and oxygen atoms in total. The number of carbonyl (C=O) groups is 1. The first-order valence-electron chi connectivity index (χ1n) is 7.63. The number of ether oxygens (including phenoxy) is 2. The molecule has 1 amide bonds. The number of nitrogens with one attached hydrogen (secondary N) is 1. The van der Waals surface area contributed by atoms with Gasteiger partial charge in [0.2, 0.25) is 0 Å². The van der Waals surface area contributed by atoms with Gasteiger partial charge in [0.15, 0.2) is 6.61 Å². The molecule has 0 aromatic heterocycles. The summed E-state index contributed by atoms with van der Waals surface area (Å²) in [6.45, 7) is 6.33. The van der Waals surface area contributed by atoms with Crippen LogP contribution in [-0.4, -0.2) is 18.1 Å². The average molecular weight is 313 g/mol. The molecule has 0 heterocycles. The summed E-state index contributed by atoms with van der Waals surface area (Å²) in [7, 11) is 0. The fourth-order valence-electron chi connectivity index (χ4n) is 1.98. The van der Waals surface area contributed by atoms with Gasteiger partial charge in [-0.1, -0.05) is 30.3 Å². The van der Waals surface area contributed by atoms with Crippen molar-refractivity contribution in [1.82, 2.24) is 5.32 Å². The van der Waals surface area contributed by atoms with Crippen molar-refractivity contribution in [1.29, 1.82) is 0 Å². The van der Waals surface area contributed by atoms with Gasteiger partial charge in [-0.25, -0.2) is 0 Å². The Morgan fingerprint density at radius 2 is 1.48 bits per heavy atom. The van der Waals surface area contributed by atoms with Crippen LogP contribution in [0.15, 0.2) is 54.6 Å². The second kappa shape index (κ2) is 7.68. The molecule has 0 bridgehead atoms. The van der Waals surface area contributed by atoms with Crippen LogP contribution in [-0.2, 0) is 11.4 Å². The van der Waals surface area contributed by atoms with E-state index >= 15 is 0 Å². The number of amides is 1. The van der Waals surface area contributed by atoms with Gasteiger partial charge in [-0.2, -0.15) is 0 Å². The largest absolute Gasteiger partial charge is 0.489 e. The van der Waals surface area contributed by atoms with Crippen LogP contribution in [0.5, 0.6) is 11.5 Å². The molecule has 0 unspecified atom stereocenters.